The number of amides is 1. The highest BCUT2D eigenvalue weighted by Gasteiger charge is 2.18. The van der Waals surface area contributed by atoms with E-state index in [-0.39, 0.29) is 11.5 Å². The summed E-state index contributed by atoms with van der Waals surface area (Å²) < 4.78 is 0. The summed E-state index contributed by atoms with van der Waals surface area (Å²) in [5.74, 6) is -1.39. The zero-order valence-corrected chi connectivity index (χ0v) is 16.3. The molecule has 1 amide bonds. The average molecular weight is 374 g/mol. The van der Waals surface area contributed by atoms with Crippen LogP contribution in [-0.4, -0.2) is 22.0 Å². The van der Waals surface area contributed by atoms with Crippen molar-refractivity contribution < 1.29 is 14.7 Å². The number of pyridine rings is 1. The Labute approximate surface area is 164 Å². The van der Waals surface area contributed by atoms with Crippen molar-refractivity contribution in [3.8, 4) is 11.3 Å². The van der Waals surface area contributed by atoms with Gasteiger partial charge in [-0.05, 0) is 56.5 Å². The largest absolute Gasteiger partial charge is 0.478 e. The minimum atomic E-state index is -1.02. The molecule has 2 N–H and O–H groups in total. The molecule has 0 unspecified atom stereocenters. The van der Waals surface area contributed by atoms with Crippen molar-refractivity contribution in [1.29, 1.82) is 0 Å². The number of benzene rings is 2. The quantitative estimate of drug-likeness (QED) is 0.678. The van der Waals surface area contributed by atoms with Gasteiger partial charge in [-0.15, -0.1) is 0 Å². The molecule has 0 aliphatic carbocycles. The number of hydrogen-bond donors (Lipinski definition) is 2. The fourth-order valence-corrected chi connectivity index (χ4v) is 3.09. The summed E-state index contributed by atoms with van der Waals surface area (Å²) in [7, 11) is 0. The van der Waals surface area contributed by atoms with Gasteiger partial charge in [-0.2, -0.15) is 0 Å². The minimum absolute atomic E-state index is 0.166. The molecular weight excluding hydrogens is 352 g/mol. The van der Waals surface area contributed by atoms with E-state index in [4.69, 9.17) is 0 Å². The fourth-order valence-electron chi connectivity index (χ4n) is 3.09. The number of hydrogen-bond acceptors (Lipinski definition) is 3. The number of rotatable bonds is 4. The van der Waals surface area contributed by atoms with Gasteiger partial charge in [0, 0.05) is 11.3 Å². The number of carboxylic acid groups (broad SMARTS) is 1. The summed E-state index contributed by atoms with van der Waals surface area (Å²) >= 11 is 0. The number of nitrogens with one attached hydrogen (secondary N) is 1. The van der Waals surface area contributed by atoms with Crippen LogP contribution in [0, 0.1) is 27.7 Å². The second-order valence-corrected chi connectivity index (χ2v) is 6.92. The first kappa shape index (κ1) is 19.3. The molecule has 3 rings (SSSR count). The Kier molecular flexibility index (Phi) is 5.27. The van der Waals surface area contributed by atoms with E-state index in [9.17, 15) is 14.7 Å². The van der Waals surface area contributed by atoms with Crippen molar-refractivity contribution in [3.63, 3.8) is 0 Å². The van der Waals surface area contributed by atoms with Crippen LogP contribution in [0.4, 0.5) is 5.69 Å². The summed E-state index contributed by atoms with van der Waals surface area (Å²) in [6.07, 6.45) is 0. The molecule has 0 spiro atoms. The molecule has 0 atom stereocenters. The van der Waals surface area contributed by atoms with E-state index in [2.05, 4.69) is 10.3 Å². The van der Waals surface area contributed by atoms with E-state index in [1.54, 1.807) is 19.1 Å². The molecule has 5 nitrogen and oxygen atoms in total. The van der Waals surface area contributed by atoms with E-state index in [0.717, 1.165) is 22.3 Å². The summed E-state index contributed by atoms with van der Waals surface area (Å²) in [6, 6.07) is 14.9. The van der Waals surface area contributed by atoms with Crippen molar-refractivity contribution in [2.24, 2.45) is 0 Å². The van der Waals surface area contributed by atoms with Crippen LogP contribution in [0.25, 0.3) is 11.3 Å². The fraction of sp³-hybridized carbons (Fsp3) is 0.174. The van der Waals surface area contributed by atoms with E-state index < -0.39 is 5.97 Å². The van der Waals surface area contributed by atoms with Crippen molar-refractivity contribution in [2.45, 2.75) is 27.7 Å². The molecule has 28 heavy (non-hydrogen) atoms. The smallest absolute Gasteiger partial charge is 0.336 e. The Balaban J connectivity index is 1.98. The molecule has 1 heterocycles. The zero-order valence-electron chi connectivity index (χ0n) is 16.3. The van der Waals surface area contributed by atoms with Gasteiger partial charge >= 0.3 is 5.97 Å². The Morgan fingerprint density at radius 2 is 1.50 bits per heavy atom. The van der Waals surface area contributed by atoms with E-state index in [1.807, 2.05) is 57.2 Å². The van der Waals surface area contributed by atoms with Crippen LogP contribution in [0.5, 0.6) is 0 Å². The van der Waals surface area contributed by atoms with Crippen LogP contribution in [0.1, 0.15) is 43.1 Å². The molecule has 3 aromatic rings. The molecule has 0 fully saturated rings. The second kappa shape index (κ2) is 7.64. The molecule has 0 saturated heterocycles. The minimum Gasteiger partial charge on any atom is -0.478 e. The number of nitrogens with zero attached hydrogens (tertiary/aromatic N) is 1. The van der Waals surface area contributed by atoms with Crippen LogP contribution in [0.15, 0.2) is 48.5 Å². The Morgan fingerprint density at radius 1 is 0.857 bits per heavy atom. The summed E-state index contributed by atoms with van der Waals surface area (Å²) in [5, 5.41) is 12.2. The first-order valence-electron chi connectivity index (χ1n) is 8.97. The Morgan fingerprint density at radius 3 is 2.14 bits per heavy atom. The third-order valence-corrected chi connectivity index (χ3v) is 4.80. The number of carbonyl (C=O) groups excluding carboxylic acids is 1. The van der Waals surface area contributed by atoms with Crippen molar-refractivity contribution >= 4 is 17.6 Å². The number of aryl methyl sites for hydroxylation is 3. The number of carbonyl (C=O) groups is 2. The van der Waals surface area contributed by atoms with Crippen LogP contribution in [0.2, 0.25) is 0 Å². The Hall–Kier alpha value is -3.47. The Bertz CT molecular complexity index is 1070. The number of aromatic nitrogens is 1. The highest BCUT2D eigenvalue weighted by Crippen LogP contribution is 2.25. The normalized spacial score (nSPS) is 10.6. The van der Waals surface area contributed by atoms with Crippen LogP contribution < -0.4 is 5.32 Å². The maximum atomic E-state index is 12.9. The molecule has 0 aliphatic rings. The predicted molar refractivity (Wildman–Crippen MR) is 110 cm³/mol. The van der Waals surface area contributed by atoms with Crippen LogP contribution in [-0.2, 0) is 0 Å². The maximum absolute atomic E-state index is 12.9. The van der Waals surface area contributed by atoms with Crippen LogP contribution in [0.3, 0.4) is 0 Å². The lowest BCUT2D eigenvalue weighted by atomic mass is 10.0. The maximum Gasteiger partial charge on any atom is 0.336 e. The molecule has 142 valence electrons. The van der Waals surface area contributed by atoms with E-state index in [0.29, 0.717) is 22.6 Å². The summed E-state index contributed by atoms with van der Waals surface area (Å²) in [6.45, 7) is 7.36. The van der Waals surface area contributed by atoms with Crippen molar-refractivity contribution in [3.05, 3.63) is 82.0 Å². The van der Waals surface area contributed by atoms with Gasteiger partial charge in [0.1, 0.15) is 5.69 Å². The molecule has 0 radical (unpaired) electrons. The molecule has 0 aliphatic heterocycles. The van der Waals surface area contributed by atoms with Crippen molar-refractivity contribution in [2.75, 3.05) is 5.32 Å². The third kappa shape index (κ3) is 3.78. The van der Waals surface area contributed by atoms with Gasteiger partial charge in [-0.25, -0.2) is 9.78 Å². The first-order chi connectivity index (χ1) is 13.3. The van der Waals surface area contributed by atoms with Gasteiger partial charge in [0.15, 0.2) is 0 Å². The summed E-state index contributed by atoms with van der Waals surface area (Å²) in [4.78, 5) is 28.9. The molecule has 0 bridgehead atoms. The second-order valence-electron chi connectivity index (χ2n) is 6.92. The lowest BCUT2D eigenvalue weighted by Gasteiger charge is -2.15. The molecule has 5 heteroatoms. The SMILES string of the molecule is Cc1ccc(-c2ccc(C)c(C(=O)Nc3c(C)ccc(C(=O)O)c3C)n2)cc1. The van der Waals surface area contributed by atoms with Crippen molar-refractivity contribution in [1.82, 2.24) is 4.98 Å². The number of anilines is 1. The predicted octanol–water partition coefficient (Wildman–Crippen LogP) is 4.93. The first-order valence-corrected chi connectivity index (χ1v) is 8.97. The van der Waals surface area contributed by atoms with Gasteiger partial charge in [0.2, 0.25) is 0 Å². The van der Waals surface area contributed by atoms with Gasteiger partial charge in [0.05, 0.1) is 11.3 Å². The lowest BCUT2D eigenvalue weighted by Crippen LogP contribution is -2.18. The molecule has 0 saturated carbocycles. The van der Waals surface area contributed by atoms with Gasteiger partial charge < -0.3 is 10.4 Å². The topological polar surface area (TPSA) is 79.3 Å². The van der Waals surface area contributed by atoms with E-state index in [1.165, 1.54) is 0 Å². The number of carboxylic acids is 1. The van der Waals surface area contributed by atoms with Gasteiger partial charge in [-0.3, -0.25) is 4.79 Å². The standard InChI is InChI=1S/C23H22N2O3/c1-13-5-9-17(10-6-13)19-12-8-15(3)21(24-19)22(26)25-20-14(2)7-11-18(16(20)4)23(27)28/h5-12H,1-4H3,(H,25,26)(H,27,28). The number of aromatic carboxylic acids is 1. The zero-order chi connectivity index (χ0) is 20.4. The molecule has 2 aromatic carbocycles. The average Bonchev–Trinajstić information content (AvgIpc) is 2.65. The lowest BCUT2D eigenvalue weighted by molar-refractivity contribution is 0.0695. The monoisotopic (exact) mass is 374 g/mol. The third-order valence-electron chi connectivity index (χ3n) is 4.80. The molecular formula is C23H22N2O3. The highest BCUT2D eigenvalue weighted by molar-refractivity contribution is 6.06. The molecule has 1 aromatic heterocycles. The van der Waals surface area contributed by atoms with Crippen LogP contribution >= 0.6 is 0 Å². The van der Waals surface area contributed by atoms with E-state index >= 15 is 0 Å². The van der Waals surface area contributed by atoms with Gasteiger partial charge in [0.25, 0.3) is 5.91 Å². The highest BCUT2D eigenvalue weighted by atomic mass is 16.4. The summed E-state index contributed by atoms with van der Waals surface area (Å²) in [5.41, 5.74) is 5.85. The van der Waals surface area contributed by atoms with Gasteiger partial charge in [-0.1, -0.05) is 42.0 Å².